The maximum absolute atomic E-state index is 5.77. The number of aliphatic imine (C=N–C) groups is 1. The van der Waals surface area contributed by atoms with Gasteiger partial charge in [0.25, 0.3) is 0 Å². The van der Waals surface area contributed by atoms with E-state index in [0.29, 0.717) is 13.2 Å². The first-order valence-corrected chi connectivity index (χ1v) is 10.5. The van der Waals surface area contributed by atoms with Crippen LogP contribution in [-0.4, -0.2) is 49.9 Å². The molecule has 1 heterocycles. The van der Waals surface area contributed by atoms with Crippen molar-refractivity contribution in [2.45, 2.75) is 44.9 Å². The summed E-state index contributed by atoms with van der Waals surface area (Å²) in [7, 11) is 1.82. The molecular formula is C20H34IN3O2S. The predicted octanol–water partition coefficient (Wildman–Crippen LogP) is 3.98. The highest BCUT2D eigenvalue weighted by Crippen LogP contribution is 2.34. The fourth-order valence-electron chi connectivity index (χ4n) is 3.16. The second-order valence-electron chi connectivity index (χ2n) is 6.55. The van der Waals surface area contributed by atoms with E-state index in [-0.39, 0.29) is 28.7 Å². The Labute approximate surface area is 185 Å². The average molecular weight is 507 g/mol. The predicted molar refractivity (Wildman–Crippen MR) is 127 cm³/mol. The lowest BCUT2D eigenvalue weighted by Crippen LogP contribution is -2.48. The van der Waals surface area contributed by atoms with Crippen molar-refractivity contribution in [1.29, 1.82) is 0 Å². The minimum absolute atomic E-state index is 0. The van der Waals surface area contributed by atoms with E-state index in [1.54, 1.807) is 0 Å². The van der Waals surface area contributed by atoms with Crippen molar-refractivity contribution in [1.82, 2.24) is 10.6 Å². The first-order chi connectivity index (χ1) is 12.6. The lowest BCUT2D eigenvalue weighted by Gasteiger charge is -2.37. The summed E-state index contributed by atoms with van der Waals surface area (Å²) >= 11 is 2.03. The molecule has 154 valence electrons. The lowest BCUT2D eigenvalue weighted by atomic mass is 9.99. The molecule has 0 unspecified atom stereocenters. The number of aryl methyl sites for hydroxylation is 1. The van der Waals surface area contributed by atoms with Crippen LogP contribution >= 0.6 is 35.7 Å². The van der Waals surface area contributed by atoms with Crippen LogP contribution in [0.1, 0.15) is 37.8 Å². The van der Waals surface area contributed by atoms with E-state index in [4.69, 9.17) is 9.47 Å². The van der Waals surface area contributed by atoms with Gasteiger partial charge < -0.3 is 20.1 Å². The summed E-state index contributed by atoms with van der Waals surface area (Å²) in [5, 5.41) is 6.94. The SMILES string of the molecule is CCOc1cc(C)ccc1CNC(=NC)NCC1(SCC)CCOCC1.I. The Morgan fingerprint density at radius 3 is 2.63 bits per heavy atom. The Morgan fingerprint density at radius 2 is 2.00 bits per heavy atom. The molecule has 0 amide bonds. The highest BCUT2D eigenvalue weighted by Gasteiger charge is 2.32. The minimum atomic E-state index is 0. The minimum Gasteiger partial charge on any atom is -0.494 e. The van der Waals surface area contributed by atoms with Crippen LogP contribution in [0.3, 0.4) is 0 Å². The third-order valence-corrected chi connectivity index (χ3v) is 6.08. The number of benzene rings is 1. The lowest BCUT2D eigenvalue weighted by molar-refractivity contribution is 0.0782. The molecule has 0 saturated carbocycles. The van der Waals surface area contributed by atoms with Gasteiger partial charge >= 0.3 is 0 Å². The zero-order valence-electron chi connectivity index (χ0n) is 17.0. The average Bonchev–Trinajstić information content (AvgIpc) is 2.64. The number of halogens is 1. The maximum atomic E-state index is 5.77. The summed E-state index contributed by atoms with van der Waals surface area (Å²) in [6.45, 7) is 10.3. The standard InChI is InChI=1S/C20H33N3O2S.HI/c1-5-25-18-13-16(3)7-8-17(18)14-22-19(21-4)23-15-20(26-6-2)9-11-24-12-10-20;/h7-8,13H,5-6,9-12,14-15H2,1-4H3,(H2,21,22,23);1H. The summed E-state index contributed by atoms with van der Waals surface area (Å²) in [4.78, 5) is 4.39. The molecule has 1 aliphatic rings. The van der Waals surface area contributed by atoms with Gasteiger partial charge in [-0.25, -0.2) is 0 Å². The Hall–Kier alpha value is -0.670. The molecule has 27 heavy (non-hydrogen) atoms. The second kappa shape index (κ2) is 12.7. The number of thioether (sulfide) groups is 1. The number of rotatable bonds is 8. The largest absolute Gasteiger partial charge is 0.494 e. The van der Waals surface area contributed by atoms with Crippen LogP contribution in [0.5, 0.6) is 5.75 Å². The van der Waals surface area contributed by atoms with Crippen molar-refractivity contribution in [3.8, 4) is 5.75 Å². The van der Waals surface area contributed by atoms with Gasteiger partial charge in [0, 0.05) is 43.7 Å². The van der Waals surface area contributed by atoms with Gasteiger partial charge in [0.15, 0.2) is 5.96 Å². The summed E-state index contributed by atoms with van der Waals surface area (Å²) in [5.41, 5.74) is 2.35. The fraction of sp³-hybridized carbons (Fsp3) is 0.650. The molecule has 2 N–H and O–H groups in total. The van der Waals surface area contributed by atoms with E-state index in [1.807, 2.05) is 25.7 Å². The van der Waals surface area contributed by atoms with E-state index in [2.05, 4.69) is 47.7 Å². The molecule has 0 aliphatic carbocycles. The molecule has 1 aliphatic heterocycles. The van der Waals surface area contributed by atoms with Crippen molar-refractivity contribution in [2.75, 3.05) is 39.2 Å². The maximum Gasteiger partial charge on any atom is 0.191 e. The van der Waals surface area contributed by atoms with E-state index >= 15 is 0 Å². The molecule has 0 bridgehead atoms. The number of guanidine groups is 1. The molecule has 0 aromatic heterocycles. The fourth-order valence-corrected chi connectivity index (χ4v) is 4.41. The summed E-state index contributed by atoms with van der Waals surface area (Å²) in [5.74, 6) is 2.89. The van der Waals surface area contributed by atoms with Gasteiger partial charge in [-0.05, 0) is 44.1 Å². The van der Waals surface area contributed by atoms with Crippen LogP contribution in [0.15, 0.2) is 23.2 Å². The van der Waals surface area contributed by atoms with Crippen LogP contribution in [0.4, 0.5) is 0 Å². The van der Waals surface area contributed by atoms with E-state index in [0.717, 1.165) is 55.6 Å². The molecule has 7 heteroatoms. The van der Waals surface area contributed by atoms with Gasteiger partial charge in [0.05, 0.1) is 6.61 Å². The molecule has 0 spiro atoms. The number of hydrogen-bond donors (Lipinski definition) is 2. The Balaban J connectivity index is 0.00000364. The van der Waals surface area contributed by atoms with Crippen LogP contribution in [0, 0.1) is 6.92 Å². The molecular weight excluding hydrogens is 473 g/mol. The van der Waals surface area contributed by atoms with Gasteiger partial charge in [0.2, 0.25) is 0 Å². The molecule has 0 radical (unpaired) electrons. The third-order valence-electron chi connectivity index (χ3n) is 4.62. The van der Waals surface area contributed by atoms with Crippen molar-refractivity contribution >= 4 is 41.7 Å². The Morgan fingerprint density at radius 1 is 1.26 bits per heavy atom. The quantitative estimate of drug-likeness (QED) is 0.317. The van der Waals surface area contributed by atoms with Crippen LogP contribution < -0.4 is 15.4 Å². The Bertz CT molecular complexity index is 587. The van der Waals surface area contributed by atoms with E-state index in [9.17, 15) is 0 Å². The third kappa shape index (κ3) is 7.69. The van der Waals surface area contributed by atoms with Gasteiger partial charge in [-0.3, -0.25) is 4.99 Å². The molecule has 0 atom stereocenters. The molecule has 2 rings (SSSR count). The zero-order chi connectivity index (χ0) is 18.8. The van der Waals surface area contributed by atoms with E-state index in [1.165, 1.54) is 5.56 Å². The van der Waals surface area contributed by atoms with Crippen LogP contribution in [0.25, 0.3) is 0 Å². The van der Waals surface area contributed by atoms with Gasteiger partial charge in [-0.15, -0.1) is 24.0 Å². The smallest absolute Gasteiger partial charge is 0.191 e. The zero-order valence-corrected chi connectivity index (χ0v) is 20.1. The number of nitrogens with zero attached hydrogens (tertiary/aromatic N) is 1. The molecule has 1 aromatic carbocycles. The Kier molecular flexibility index (Phi) is 11.5. The number of nitrogens with one attached hydrogen (secondary N) is 2. The molecule has 5 nitrogen and oxygen atoms in total. The molecule has 1 fully saturated rings. The first kappa shape index (κ1) is 24.4. The molecule has 1 saturated heterocycles. The number of ether oxygens (including phenoxy) is 2. The monoisotopic (exact) mass is 507 g/mol. The van der Waals surface area contributed by atoms with Crippen LogP contribution in [0.2, 0.25) is 0 Å². The highest BCUT2D eigenvalue weighted by molar-refractivity contribution is 14.0. The van der Waals surface area contributed by atoms with Gasteiger partial charge in [0.1, 0.15) is 5.75 Å². The first-order valence-electron chi connectivity index (χ1n) is 9.51. The molecule has 1 aromatic rings. The number of hydrogen-bond acceptors (Lipinski definition) is 4. The second-order valence-corrected chi connectivity index (χ2v) is 8.28. The van der Waals surface area contributed by atoms with Gasteiger partial charge in [-0.1, -0.05) is 19.1 Å². The highest BCUT2D eigenvalue weighted by atomic mass is 127. The summed E-state index contributed by atoms with van der Waals surface area (Å²) < 4.78 is 11.6. The van der Waals surface area contributed by atoms with Crippen molar-refractivity contribution < 1.29 is 9.47 Å². The normalized spacial score (nSPS) is 16.4. The van der Waals surface area contributed by atoms with Gasteiger partial charge in [-0.2, -0.15) is 11.8 Å². The van der Waals surface area contributed by atoms with Crippen LogP contribution in [-0.2, 0) is 11.3 Å². The summed E-state index contributed by atoms with van der Waals surface area (Å²) in [6, 6.07) is 6.32. The van der Waals surface area contributed by atoms with Crippen molar-refractivity contribution in [3.05, 3.63) is 29.3 Å². The van der Waals surface area contributed by atoms with E-state index < -0.39 is 0 Å². The van der Waals surface area contributed by atoms with Crippen molar-refractivity contribution in [3.63, 3.8) is 0 Å². The summed E-state index contributed by atoms with van der Waals surface area (Å²) in [6.07, 6.45) is 2.17. The van der Waals surface area contributed by atoms with Crippen molar-refractivity contribution in [2.24, 2.45) is 4.99 Å². The topological polar surface area (TPSA) is 54.9 Å².